The third kappa shape index (κ3) is 1.47. The van der Waals surface area contributed by atoms with Crippen LogP contribution in [-0.4, -0.2) is 34.0 Å². The number of hydrogen-bond donors (Lipinski definition) is 1. The van der Waals surface area contributed by atoms with Gasteiger partial charge in [0, 0.05) is 30.8 Å². The molecule has 0 saturated carbocycles. The number of carbonyl (C=O) groups is 1. The van der Waals surface area contributed by atoms with Crippen LogP contribution in [0.3, 0.4) is 0 Å². The zero-order chi connectivity index (χ0) is 10.1. The van der Waals surface area contributed by atoms with Gasteiger partial charge in [0.25, 0.3) is 5.91 Å². The Labute approximate surface area is 78.9 Å². The van der Waals surface area contributed by atoms with Crippen molar-refractivity contribution in [2.24, 2.45) is 0 Å². The molecule has 2 rings (SSSR count). The minimum atomic E-state index is -2.91. The Kier molecular flexibility index (Phi) is 2.18. The number of nitrogens with one attached hydrogen (secondary N) is 1. The molecule has 0 saturated heterocycles. The number of nitrogens with zero attached hydrogens (tertiary/aromatic N) is 2. The molecule has 2 heterocycles. The number of fused-ring (bicyclic) bond motifs is 1. The van der Waals surface area contributed by atoms with Crippen LogP contribution in [0, 0.1) is 0 Å². The van der Waals surface area contributed by atoms with Crippen molar-refractivity contribution in [3.05, 3.63) is 17.5 Å². The highest BCUT2D eigenvalue weighted by Gasteiger charge is 2.27. The Morgan fingerprint density at radius 1 is 1.64 bits per heavy atom. The Bertz CT molecular complexity index is 350. The normalized spacial score (nSPS) is 15.8. The molecule has 1 aliphatic heterocycles. The Hall–Kier alpha value is -1.46. The molecule has 4 nitrogen and oxygen atoms in total. The number of halogens is 2. The van der Waals surface area contributed by atoms with E-state index in [1.54, 1.807) is 6.20 Å². The molecule has 1 aromatic rings. The number of hydrogen-bond acceptors (Lipinski definition) is 2. The lowest BCUT2D eigenvalue weighted by Crippen LogP contribution is -2.39. The van der Waals surface area contributed by atoms with Crippen molar-refractivity contribution in [1.29, 1.82) is 0 Å². The number of alkyl halides is 2. The van der Waals surface area contributed by atoms with Crippen LogP contribution in [0.15, 0.2) is 6.20 Å². The van der Waals surface area contributed by atoms with E-state index in [4.69, 9.17) is 0 Å². The van der Waals surface area contributed by atoms with Gasteiger partial charge in [-0.25, -0.2) is 0 Å². The van der Waals surface area contributed by atoms with E-state index in [2.05, 4.69) is 10.2 Å². The second kappa shape index (κ2) is 3.36. The number of amides is 1. The van der Waals surface area contributed by atoms with Gasteiger partial charge in [-0.2, -0.15) is 13.9 Å². The van der Waals surface area contributed by atoms with Gasteiger partial charge in [-0.3, -0.25) is 9.89 Å². The number of aromatic nitrogens is 2. The van der Waals surface area contributed by atoms with Crippen LogP contribution in [0.25, 0.3) is 0 Å². The Morgan fingerprint density at radius 3 is 3.14 bits per heavy atom. The Balaban J connectivity index is 2.11. The average Bonchev–Trinajstić information content (AvgIpc) is 2.62. The predicted molar refractivity (Wildman–Crippen MR) is 43.7 cm³/mol. The SMILES string of the molecule is O=C(C(F)F)N1CCc2[nH]ncc2C1. The smallest absolute Gasteiger partial charge is 0.315 e. The van der Waals surface area contributed by atoms with Crippen molar-refractivity contribution in [1.82, 2.24) is 15.1 Å². The number of carbonyl (C=O) groups excluding carboxylic acids is 1. The first kappa shape index (κ1) is 9.11. The van der Waals surface area contributed by atoms with E-state index >= 15 is 0 Å². The van der Waals surface area contributed by atoms with Crippen molar-refractivity contribution in [2.45, 2.75) is 19.4 Å². The monoisotopic (exact) mass is 201 g/mol. The quantitative estimate of drug-likeness (QED) is 0.721. The first-order chi connectivity index (χ1) is 6.68. The average molecular weight is 201 g/mol. The molecular weight excluding hydrogens is 192 g/mol. The van der Waals surface area contributed by atoms with E-state index in [0.29, 0.717) is 13.0 Å². The van der Waals surface area contributed by atoms with Crippen LogP contribution in [0.2, 0.25) is 0 Å². The summed E-state index contributed by atoms with van der Waals surface area (Å²) in [6, 6.07) is 0. The summed E-state index contributed by atoms with van der Waals surface area (Å²) in [5, 5.41) is 6.56. The van der Waals surface area contributed by atoms with Gasteiger partial charge in [0.15, 0.2) is 0 Å². The maximum atomic E-state index is 12.1. The summed E-state index contributed by atoms with van der Waals surface area (Å²) >= 11 is 0. The second-order valence-electron chi connectivity index (χ2n) is 3.18. The molecule has 1 aliphatic rings. The van der Waals surface area contributed by atoms with Crippen LogP contribution in [0.1, 0.15) is 11.3 Å². The summed E-state index contributed by atoms with van der Waals surface area (Å²) in [5.41, 5.74) is 1.76. The lowest BCUT2D eigenvalue weighted by Gasteiger charge is -2.25. The molecule has 0 radical (unpaired) electrons. The Morgan fingerprint density at radius 2 is 2.43 bits per heavy atom. The van der Waals surface area contributed by atoms with Crippen molar-refractivity contribution >= 4 is 5.91 Å². The summed E-state index contributed by atoms with van der Waals surface area (Å²) in [6.45, 7) is 0.563. The third-order valence-electron chi connectivity index (χ3n) is 2.30. The van der Waals surface area contributed by atoms with Gasteiger partial charge in [0.2, 0.25) is 0 Å². The van der Waals surface area contributed by atoms with E-state index in [1.807, 2.05) is 0 Å². The highest BCUT2D eigenvalue weighted by atomic mass is 19.3. The van der Waals surface area contributed by atoms with E-state index in [-0.39, 0.29) is 6.54 Å². The maximum Gasteiger partial charge on any atom is 0.315 e. The van der Waals surface area contributed by atoms with Crippen LogP contribution >= 0.6 is 0 Å². The molecule has 0 unspecified atom stereocenters. The molecule has 6 heteroatoms. The summed E-state index contributed by atoms with van der Waals surface area (Å²) in [6.07, 6.45) is -0.780. The fourth-order valence-electron chi connectivity index (χ4n) is 1.55. The molecule has 0 spiro atoms. The van der Waals surface area contributed by atoms with Crippen LogP contribution in [0.4, 0.5) is 8.78 Å². The largest absolute Gasteiger partial charge is 0.333 e. The lowest BCUT2D eigenvalue weighted by molar-refractivity contribution is -0.143. The molecule has 0 atom stereocenters. The summed E-state index contributed by atoms with van der Waals surface area (Å²) in [4.78, 5) is 12.1. The maximum absolute atomic E-state index is 12.1. The highest BCUT2D eigenvalue weighted by Crippen LogP contribution is 2.17. The molecule has 14 heavy (non-hydrogen) atoms. The zero-order valence-corrected chi connectivity index (χ0v) is 7.33. The highest BCUT2D eigenvalue weighted by molar-refractivity contribution is 5.79. The van der Waals surface area contributed by atoms with Gasteiger partial charge in [-0.15, -0.1) is 0 Å². The molecule has 1 aromatic heterocycles. The molecule has 1 amide bonds. The third-order valence-corrected chi connectivity index (χ3v) is 2.30. The van der Waals surface area contributed by atoms with E-state index in [9.17, 15) is 13.6 Å². The minimum absolute atomic E-state index is 0.231. The number of aromatic amines is 1. The second-order valence-corrected chi connectivity index (χ2v) is 3.18. The van der Waals surface area contributed by atoms with Gasteiger partial charge in [0.1, 0.15) is 0 Å². The van der Waals surface area contributed by atoms with Crippen molar-refractivity contribution < 1.29 is 13.6 Å². The standard InChI is InChI=1S/C8H9F2N3O/c9-7(10)8(14)13-2-1-6-5(4-13)3-11-12-6/h3,7H,1-2,4H2,(H,11,12). The first-order valence-electron chi connectivity index (χ1n) is 4.26. The first-order valence-corrected chi connectivity index (χ1v) is 4.26. The fraction of sp³-hybridized carbons (Fsp3) is 0.500. The number of rotatable bonds is 1. The predicted octanol–water partition coefficient (Wildman–Crippen LogP) is 0.560. The molecule has 1 N–H and O–H groups in total. The molecule has 0 aliphatic carbocycles. The van der Waals surface area contributed by atoms with Gasteiger partial charge in [-0.05, 0) is 0 Å². The fourth-order valence-corrected chi connectivity index (χ4v) is 1.55. The van der Waals surface area contributed by atoms with Crippen molar-refractivity contribution in [2.75, 3.05) is 6.54 Å². The lowest BCUT2D eigenvalue weighted by atomic mass is 10.1. The molecule has 0 fully saturated rings. The molecule has 0 bridgehead atoms. The van der Waals surface area contributed by atoms with Crippen LogP contribution in [-0.2, 0) is 17.8 Å². The summed E-state index contributed by atoms with van der Waals surface area (Å²) < 4.78 is 24.2. The zero-order valence-electron chi connectivity index (χ0n) is 7.33. The van der Waals surface area contributed by atoms with Crippen molar-refractivity contribution in [3.8, 4) is 0 Å². The van der Waals surface area contributed by atoms with Gasteiger partial charge >= 0.3 is 6.43 Å². The van der Waals surface area contributed by atoms with Gasteiger partial charge in [-0.1, -0.05) is 0 Å². The van der Waals surface area contributed by atoms with Crippen LogP contribution in [0.5, 0.6) is 0 Å². The molecule has 0 aromatic carbocycles. The van der Waals surface area contributed by atoms with E-state index in [1.165, 1.54) is 0 Å². The van der Waals surface area contributed by atoms with E-state index < -0.39 is 12.3 Å². The minimum Gasteiger partial charge on any atom is -0.333 e. The van der Waals surface area contributed by atoms with Gasteiger partial charge in [0.05, 0.1) is 6.20 Å². The van der Waals surface area contributed by atoms with Crippen molar-refractivity contribution in [3.63, 3.8) is 0 Å². The van der Waals surface area contributed by atoms with Crippen LogP contribution < -0.4 is 0 Å². The van der Waals surface area contributed by atoms with Gasteiger partial charge < -0.3 is 4.90 Å². The summed E-state index contributed by atoms with van der Waals surface area (Å²) in [5.74, 6) is -1.10. The number of H-pyrrole nitrogens is 1. The topological polar surface area (TPSA) is 49.0 Å². The van der Waals surface area contributed by atoms with E-state index in [0.717, 1.165) is 16.2 Å². The molecular formula is C8H9F2N3O. The summed E-state index contributed by atoms with van der Waals surface area (Å²) in [7, 11) is 0. The molecule has 76 valence electrons.